The fourth-order valence-electron chi connectivity index (χ4n) is 2.68. The topological polar surface area (TPSA) is 137 Å². The Morgan fingerprint density at radius 3 is 2.50 bits per heavy atom. The second-order valence-corrected chi connectivity index (χ2v) is 6.21. The highest BCUT2D eigenvalue weighted by Crippen LogP contribution is 2.22. The maximum atomic E-state index is 11.3. The molecule has 0 unspecified atom stereocenters. The van der Waals surface area contributed by atoms with E-state index in [1.54, 1.807) is 0 Å². The van der Waals surface area contributed by atoms with Crippen LogP contribution in [0.2, 0.25) is 0 Å². The van der Waals surface area contributed by atoms with Crippen molar-refractivity contribution >= 4 is 11.8 Å². The molecule has 0 aromatic heterocycles. The molecule has 150 valence electrons. The van der Waals surface area contributed by atoms with E-state index in [2.05, 4.69) is 17.2 Å². The number of hydrogen-bond acceptors (Lipinski definition) is 7. The van der Waals surface area contributed by atoms with Gasteiger partial charge in [0.25, 0.3) is 0 Å². The fraction of sp³-hybridized carbons (Fsp3) is 0.765. The van der Waals surface area contributed by atoms with Gasteiger partial charge in [-0.25, -0.2) is 0 Å². The average Bonchev–Trinajstić information content (AvgIpc) is 2.62. The van der Waals surface area contributed by atoms with E-state index >= 15 is 0 Å². The molecular formula is C17H30N2O7. The summed E-state index contributed by atoms with van der Waals surface area (Å²) in [4.78, 5) is 22.3. The number of ether oxygens (including phenoxy) is 2. The van der Waals surface area contributed by atoms with Crippen LogP contribution in [-0.4, -0.2) is 77.5 Å². The second kappa shape index (κ2) is 12.0. The van der Waals surface area contributed by atoms with Crippen LogP contribution < -0.4 is 10.6 Å². The Morgan fingerprint density at radius 2 is 1.88 bits per heavy atom. The third kappa shape index (κ3) is 7.38. The lowest BCUT2D eigenvalue weighted by atomic mass is 9.97. The molecule has 0 saturated carbocycles. The number of nitrogens with one attached hydrogen (secondary N) is 2. The van der Waals surface area contributed by atoms with Crippen LogP contribution in [0.15, 0.2) is 12.7 Å². The van der Waals surface area contributed by atoms with Crippen LogP contribution in [-0.2, 0) is 19.1 Å². The van der Waals surface area contributed by atoms with Crippen LogP contribution in [0.1, 0.15) is 32.6 Å². The van der Waals surface area contributed by atoms with Crippen LogP contribution in [0, 0.1) is 0 Å². The van der Waals surface area contributed by atoms with Crippen molar-refractivity contribution in [1.29, 1.82) is 0 Å². The van der Waals surface area contributed by atoms with Gasteiger partial charge in [-0.15, -0.1) is 0 Å². The molecule has 0 aromatic rings. The summed E-state index contributed by atoms with van der Waals surface area (Å²) in [6, 6.07) is -0.917. The van der Waals surface area contributed by atoms with Crippen molar-refractivity contribution in [2.45, 2.75) is 63.3 Å². The van der Waals surface area contributed by atoms with Crippen LogP contribution in [0.25, 0.3) is 0 Å². The van der Waals surface area contributed by atoms with Gasteiger partial charge in [-0.1, -0.05) is 19.4 Å². The third-order valence-corrected chi connectivity index (χ3v) is 4.09. The van der Waals surface area contributed by atoms with Crippen molar-refractivity contribution in [3.63, 3.8) is 0 Å². The van der Waals surface area contributed by atoms with E-state index in [4.69, 9.17) is 9.47 Å². The van der Waals surface area contributed by atoms with E-state index in [9.17, 15) is 24.9 Å². The van der Waals surface area contributed by atoms with E-state index in [0.29, 0.717) is 13.2 Å². The van der Waals surface area contributed by atoms with Gasteiger partial charge in [-0.3, -0.25) is 9.59 Å². The molecular weight excluding hydrogens is 344 g/mol. The summed E-state index contributed by atoms with van der Waals surface area (Å²) in [5.74, 6) is -0.576. The number of amides is 2. The molecule has 0 bridgehead atoms. The van der Waals surface area contributed by atoms with Crippen molar-refractivity contribution in [1.82, 2.24) is 10.6 Å². The maximum absolute atomic E-state index is 11.3. The summed E-state index contributed by atoms with van der Waals surface area (Å²) < 4.78 is 11.1. The molecule has 1 fully saturated rings. The monoisotopic (exact) mass is 374 g/mol. The molecule has 5 N–H and O–H groups in total. The lowest BCUT2D eigenvalue weighted by Gasteiger charge is -2.42. The molecule has 1 rings (SSSR count). The zero-order chi connectivity index (χ0) is 19.5. The molecule has 0 aliphatic carbocycles. The first-order chi connectivity index (χ1) is 12.4. The highest BCUT2D eigenvalue weighted by Gasteiger charge is 2.45. The molecule has 1 aliphatic rings. The number of aliphatic hydroxyl groups excluding tert-OH is 3. The molecule has 1 heterocycles. The largest absolute Gasteiger partial charge is 0.394 e. The van der Waals surface area contributed by atoms with E-state index in [1.807, 2.05) is 0 Å². The first kappa shape index (κ1) is 22.5. The Kier molecular flexibility index (Phi) is 10.4. The Hall–Kier alpha value is -1.52. The summed E-state index contributed by atoms with van der Waals surface area (Å²) in [6.45, 7) is 5.12. The average molecular weight is 374 g/mol. The number of rotatable bonds is 11. The van der Waals surface area contributed by atoms with Crippen molar-refractivity contribution < 1.29 is 34.4 Å². The molecule has 2 amide bonds. The summed E-state index contributed by atoms with van der Waals surface area (Å²) >= 11 is 0. The van der Waals surface area contributed by atoms with Crippen LogP contribution in [0.5, 0.6) is 0 Å². The molecule has 0 spiro atoms. The first-order valence-corrected chi connectivity index (χ1v) is 8.82. The number of carbonyl (C=O) groups excluding carboxylic acids is 2. The van der Waals surface area contributed by atoms with E-state index in [1.165, 1.54) is 13.0 Å². The fourth-order valence-corrected chi connectivity index (χ4v) is 2.68. The number of aliphatic hydroxyl groups is 3. The lowest BCUT2D eigenvalue weighted by Crippen LogP contribution is -2.64. The predicted molar refractivity (Wildman–Crippen MR) is 93.0 cm³/mol. The Morgan fingerprint density at radius 1 is 1.19 bits per heavy atom. The minimum absolute atomic E-state index is 0.189. The van der Waals surface area contributed by atoms with Gasteiger partial charge in [0.1, 0.15) is 24.4 Å². The molecule has 5 atom stereocenters. The smallest absolute Gasteiger partial charge is 0.243 e. The highest BCUT2D eigenvalue weighted by atomic mass is 16.7. The Balaban J connectivity index is 2.34. The number of hydrogen-bond donors (Lipinski definition) is 5. The van der Waals surface area contributed by atoms with Crippen LogP contribution in [0.4, 0.5) is 0 Å². The van der Waals surface area contributed by atoms with E-state index in [0.717, 1.165) is 25.7 Å². The number of unbranched alkanes of at least 4 members (excludes halogenated alkanes) is 3. The molecule has 9 nitrogen and oxygen atoms in total. The van der Waals surface area contributed by atoms with Gasteiger partial charge in [-0.05, 0) is 18.9 Å². The Labute approximate surface area is 153 Å². The normalized spacial score (nSPS) is 28.4. The van der Waals surface area contributed by atoms with Crippen molar-refractivity contribution in [3.8, 4) is 0 Å². The summed E-state index contributed by atoms with van der Waals surface area (Å²) in [6.07, 6.45) is 0.0170. The van der Waals surface area contributed by atoms with Gasteiger partial charge < -0.3 is 35.4 Å². The van der Waals surface area contributed by atoms with Crippen LogP contribution >= 0.6 is 0 Å². The van der Waals surface area contributed by atoms with Gasteiger partial charge in [0.15, 0.2) is 6.29 Å². The lowest BCUT2D eigenvalue weighted by molar-refractivity contribution is -0.270. The zero-order valence-corrected chi connectivity index (χ0v) is 15.1. The molecule has 9 heteroatoms. The standard InChI is InChI=1S/C17H30N2O7/c1-3-13(22)18-8-6-4-5-7-9-25-17-14(19-11(2)21)16(24)15(23)12(10-20)26-17/h3,12,14-17,20,23-24H,1,4-10H2,2H3,(H,18,22)(H,19,21)/t12-,14+,15-,16-,17+/m1/s1. The minimum Gasteiger partial charge on any atom is -0.394 e. The maximum Gasteiger partial charge on any atom is 0.243 e. The quantitative estimate of drug-likeness (QED) is 0.226. The van der Waals surface area contributed by atoms with Gasteiger partial charge in [0, 0.05) is 20.1 Å². The van der Waals surface area contributed by atoms with Gasteiger partial charge >= 0.3 is 0 Å². The first-order valence-electron chi connectivity index (χ1n) is 8.82. The van der Waals surface area contributed by atoms with Gasteiger partial charge in [0.2, 0.25) is 11.8 Å². The zero-order valence-electron chi connectivity index (χ0n) is 15.1. The van der Waals surface area contributed by atoms with Crippen molar-refractivity contribution in [3.05, 3.63) is 12.7 Å². The molecule has 26 heavy (non-hydrogen) atoms. The molecule has 0 aromatic carbocycles. The summed E-state index contributed by atoms with van der Waals surface area (Å²) in [5.41, 5.74) is 0. The van der Waals surface area contributed by atoms with E-state index in [-0.39, 0.29) is 11.8 Å². The summed E-state index contributed by atoms with van der Waals surface area (Å²) in [5, 5.41) is 34.5. The minimum atomic E-state index is -1.32. The molecule has 1 aliphatic heterocycles. The van der Waals surface area contributed by atoms with Crippen molar-refractivity contribution in [2.75, 3.05) is 19.8 Å². The third-order valence-electron chi connectivity index (χ3n) is 4.09. The number of carbonyl (C=O) groups is 2. The van der Waals surface area contributed by atoms with Crippen molar-refractivity contribution in [2.24, 2.45) is 0 Å². The predicted octanol–water partition coefficient (Wildman–Crippen LogP) is -1.19. The SMILES string of the molecule is C=CC(=O)NCCCCCCO[C@H]1O[C@H](CO)[C@@H](O)[C@H](O)[C@@H]1NC(C)=O. The second-order valence-electron chi connectivity index (χ2n) is 6.21. The molecule has 1 saturated heterocycles. The Bertz CT molecular complexity index is 460. The molecule has 0 radical (unpaired) electrons. The van der Waals surface area contributed by atoms with Crippen LogP contribution in [0.3, 0.4) is 0 Å². The van der Waals surface area contributed by atoms with Gasteiger partial charge in [-0.2, -0.15) is 0 Å². The van der Waals surface area contributed by atoms with Gasteiger partial charge in [0.05, 0.1) is 6.61 Å². The highest BCUT2D eigenvalue weighted by molar-refractivity contribution is 5.86. The van der Waals surface area contributed by atoms with E-state index < -0.39 is 37.3 Å². The summed E-state index contributed by atoms with van der Waals surface area (Å²) in [7, 11) is 0.